The van der Waals surface area contributed by atoms with Crippen LogP contribution in [0.2, 0.25) is 5.02 Å². The minimum absolute atomic E-state index is 0.00340. The van der Waals surface area contributed by atoms with E-state index in [0.29, 0.717) is 36.4 Å². The summed E-state index contributed by atoms with van der Waals surface area (Å²) in [7, 11) is -2.69. The molecule has 8 heteroatoms. The summed E-state index contributed by atoms with van der Waals surface area (Å²) < 4.78 is 21.3. The molecule has 0 unspecified atom stereocenters. The summed E-state index contributed by atoms with van der Waals surface area (Å²) in [4.78, 5) is 21.9. The molecular weight excluding hydrogens is 330 g/mol. The number of nitrogens with one attached hydrogen (secondary N) is 1. The Hall–Kier alpha value is -1.86. The lowest BCUT2D eigenvalue weighted by atomic mass is 10.1. The molecule has 0 aliphatic carbocycles. The van der Waals surface area contributed by atoms with Gasteiger partial charge >= 0.3 is 5.97 Å². The zero-order valence-electron chi connectivity index (χ0n) is 11.7. The number of aliphatic carboxylic acids is 1. The van der Waals surface area contributed by atoms with E-state index in [1.165, 1.54) is 0 Å². The molecule has 120 valence electrons. The predicted molar refractivity (Wildman–Crippen MR) is 83.8 cm³/mol. The Morgan fingerprint density at radius 3 is 2.27 bits per heavy atom. The number of amides is 1. The molecule has 0 radical (unpaired) electrons. The number of unbranched alkanes of at least 4 members (excludes halogenated alkanes) is 2. The van der Waals surface area contributed by atoms with Gasteiger partial charge in [0.05, 0.1) is 0 Å². The number of hydrogen-bond donors (Lipinski definition) is 2. The molecule has 0 fully saturated rings. The van der Waals surface area contributed by atoms with Crippen LogP contribution in [0.5, 0.6) is 0 Å². The zero-order chi connectivity index (χ0) is 16.5. The maximum absolute atomic E-state index is 11.8. The van der Waals surface area contributed by atoms with E-state index in [0.717, 1.165) is 0 Å². The van der Waals surface area contributed by atoms with Crippen LogP contribution in [0.1, 0.15) is 36.0 Å². The highest BCUT2D eigenvalue weighted by atomic mass is 35.5. The predicted octanol–water partition coefficient (Wildman–Crippen LogP) is 1.77. The molecule has 2 N–H and O–H groups in total. The molecule has 0 aliphatic heterocycles. The van der Waals surface area contributed by atoms with E-state index >= 15 is 0 Å². The van der Waals surface area contributed by atoms with Crippen molar-refractivity contribution in [2.45, 2.75) is 25.7 Å². The first kappa shape index (κ1) is 18.2. The van der Waals surface area contributed by atoms with Crippen molar-refractivity contribution in [2.75, 3.05) is 6.54 Å². The maximum atomic E-state index is 11.8. The fourth-order valence-electron chi connectivity index (χ4n) is 1.75. The molecule has 1 amide bonds. The van der Waals surface area contributed by atoms with E-state index in [1.54, 1.807) is 24.3 Å². The third kappa shape index (κ3) is 6.28. The molecular formula is C14H16ClNO5S. The van der Waals surface area contributed by atoms with Gasteiger partial charge in [0.25, 0.3) is 5.91 Å². The van der Waals surface area contributed by atoms with E-state index in [9.17, 15) is 18.0 Å². The van der Waals surface area contributed by atoms with Gasteiger partial charge < -0.3 is 10.4 Å². The van der Waals surface area contributed by atoms with Crippen LogP contribution in [0.3, 0.4) is 0 Å². The maximum Gasteiger partial charge on any atom is 0.347 e. The SMILES string of the molecule is O=C(O)C(CCCCCNC(=O)c1ccc(Cl)cc1)=S(=O)=O. The smallest absolute Gasteiger partial charge is 0.347 e. The van der Waals surface area contributed by atoms with Crippen LogP contribution in [0.15, 0.2) is 24.3 Å². The number of carboxylic acids is 1. The van der Waals surface area contributed by atoms with Crippen molar-refractivity contribution in [1.29, 1.82) is 0 Å². The fourth-order valence-corrected chi connectivity index (χ4v) is 2.33. The molecule has 1 aromatic carbocycles. The Bertz CT molecular complexity index is 659. The molecule has 1 rings (SSSR count). The van der Waals surface area contributed by atoms with Crippen LogP contribution in [-0.4, -0.2) is 36.8 Å². The first-order valence-corrected chi connectivity index (χ1v) is 8.09. The Balaban J connectivity index is 2.26. The normalized spacial score (nSPS) is 10.0. The van der Waals surface area contributed by atoms with Gasteiger partial charge in [-0.1, -0.05) is 18.0 Å². The lowest BCUT2D eigenvalue weighted by molar-refractivity contribution is -0.129. The van der Waals surface area contributed by atoms with E-state index in [2.05, 4.69) is 5.32 Å². The third-order valence-corrected chi connectivity index (χ3v) is 3.95. The summed E-state index contributed by atoms with van der Waals surface area (Å²) in [6.45, 7) is 0.435. The summed E-state index contributed by atoms with van der Waals surface area (Å²) in [6, 6.07) is 6.50. The van der Waals surface area contributed by atoms with Gasteiger partial charge in [-0.05, 0) is 43.5 Å². The van der Waals surface area contributed by atoms with E-state index in [4.69, 9.17) is 16.7 Å². The van der Waals surface area contributed by atoms with E-state index in [1.807, 2.05) is 0 Å². The van der Waals surface area contributed by atoms with Gasteiger partial charge in [0, 0.05) is 17.1 Å². The second-order valence-corrected chi connectivity index (χ2v) is 5.94. The van der Waals surface area contributed by atoms with Gasteiger partial charge in [-0.25, -0.2) is 4.79 Å². The van der Waals surface area contributed by atoms with Crippen LogP contribution >= 0.6 is 11.6 Å². The fraction of sp³-hybridized carbons (Fsp3) is 0.357. The van der Waals surface area contributed by atoms with Crippen LogP contribution < -0.4 is 5.32 Å². The summed E-state index contributed by atoms with van der Waals surface area (Å²) in [6.07, 6.45) is 1.69. The number of benzene rings is 1. The van der Waals surface area contributed by atoms with E-state index < -0.39 is 21.1 Å². The lowest BCUT2D eigenvalue weighted by Gasteiger charge is -2.05. The Morgan fingerprint density at radius 1 is 1.09 bits per heavy atom. The molecule has 6 nitrogen and oxygen atoms in total. The lowest BCUT2D eigenvalue weighted by Crippen LogP contribution is -2.24. The molecule has 0 aliphatic rings. The summed E-state index contributed by atoms with van der Waals surface area (Å²) >= 11 is 5.73. The highest BCUT2D eigenvalue weighted by Crippen LogP contribution is 2.09. The number of carboxylic acid groups (broad SMARTS) is 1. The molecule has 22 heavy (non-hydrogen) atoms. The average Bonchev–Trinajstić information content (AvgIpc) is 2.46. The molecule has 1 aromatic rings. The average molecular weight is 346 g/mol. The second-order valence-electron chi connectivity index (χ2n) is 4.54. The second kappa shape index (κ2) is 9.22. The molecule has 0 aromatic heterocycles. The molecule has 0 heterocycles. The van der Waals surface area contributed by atoms with Crippen molar-refractivity contribution in [3.63, 3.8) is 0 Å². The van der Waals surface area contributed by atoms with Crippen molar-refractivity contribution in [2.24, 2.45) is 0 Å². The number of carbonyl (C=O) groups excluding carboxylic acids is 1. The van der Waals surface area contributed by atoms with Crippen molar-refractivity contribution >= 4 is 38.6 Å². The summed E-state index contributed by atoms with van der Waals surface area (Å²) in [5.74, 6) is -1.63. The molecule has 0 bridgehead atoms. The summed E-state index contributed by atoms with van der Waals surface area (Å²) in [5, 5.41) is 11.9. The summed E-state index contributed by atoms with van der Waals surface area (Å²) in [5.41, 5.74) is 0.507. The molecule has 0 saturated heterocycles. The van der Waals surface area contributed by atoms with Crippen molar-refractivity contribution in [1.82, 2.24) is 5.32 Å². The monoisotopic (exact) mass is 345 g/mol. The van der Waals surface area contributed by atoms with Gasteiger partial charge in [0.1, 0.15) is 0 Å². The van der Waals surface area contributed by atoms with Gasteiger partial charge in [-0.2, -0.15) is 8.42 Å². The first-order chi connectivity index (χ1) is 10.4. The van der Waals surface area contributed by atoms with Gasteiger partial charge in [0.15, 0.2) is 4.86 Å². The van der Waals surface area contributed by atoms with Gasteiger partial charge in [0.2, 0.25) is 10.3 Å². The van der Waals surface area contributed by atoms with Gasteiger partial charge in [-0.15, -0.1) is 0 Å². The Labute approximate surface area is 134 Å². The molecule has 0 spiro atoms. The molecule has 0 saturated carbocycles. The van der Waals surface area contributed by atoms with Gasteiger partial charge in [-0.3, -0.25) is 4.79 Å². The first-order valence-electron chi connectivity index (χ1n) is 6.64. The van der Waals surface area contributed by atoms with Crippen LogP contribution in [0, 0.1) is 0 Å². The number of hydrogen-bond acceptors (Lipinski definition) is 4. The van der Waals surface area contributed by atoms with Crippen molar-refractivity contribution < 1.29 is 23.1 Å². The number of halogens is 1. The minimum Gasteiger partial charge on any atom is -0.477 e. The van der Waals surface area contributed by atoms with E-state index in [-0.39, 0.29) is 12.3 Å². The van der Waals surface area contributed by atoms with Crippen LogP contribution in [-0.2, 0) is 15.1 Å². The minimum atomic E-state index is -2.69. The topological polar surface area (TPSA) is 101 Å². The van der Waals surface area contributed by atoms with Crippen molar-refractivity contribution in [3.8, 4) is 0 Å². The largest absolute Gasteiger partial charge is 0.477 e. The highest BCUT2D eigenvalue weighted by molar-refractivity contribution is 7.74. The van der Waals surface area contributed by atoms with Crippen LogP contribution in [0.4, 0.5) is 0 Å². The van der Waals surface area contributed by atoms with Crippen molar-refractivity contribution in [3.05, 3.63) is 34.9 Å². The highest BCUT2D eigenvalue weighted by Gasteiger charge is 2.10. The Morgan fingerprint density at radius 2 is 1.73 bits per heavy atom. The zero-order valence-corrected chi connectivity index (χ0v) is 13.3. The third-order valence-electron chi connectivity index (χ3n) is 2.91. The Kier molecular flexibility index (Phi) is 7.62. The number of rotatable bonds is 8. The number of carbonyl (C=O) groups is 2. The molecule has 0 atom stereocenters. The standard InChI is InChI=1S/C14H16ClNO5S/c15-11-7-5-10(6-8-11)13(17)16-9-3-1-2-4-12(14(18)19)22(20)21/h5-8H,1-4,9H2,(H,16,17)(H,18,19). The quantitative estimate of drug-likeness (QED) is 0.552. The van der Waals surface area contributed by atoms with Crippen LogP contribution in [0.25, 0.3) is 0 Å².